The van der Waals surface area contributed by atoms with Gasteiger partial charge < -0.3 is 20.1 Å². The van der Waals surface area contributed by atoms with Gasteiger partial charge in [0.05, 0.1) is 41.8 Å². The van der Waals surface area contributed by atoms with E-state index in [0.29, 0.717) is 22.8 Å². The summed E-state index contributed by atoms with van der Waals surface area (Å²) in [6.07, 6.45) is 2.09. The molecule has 6 rings (SSSR count). The molecule has 2 aliphatic rings. The number of morpholine rings is 1. The first-order valence-electron chi connectivity index (χ1n) is 13.7. The summed E-state index contributed by atoms with van der Waals surface area (Å²) in [5.74, 6) is -0.983. The summed E-state index contributed by atoms with van der Waals surface area (Å²) in [6.45, 7) is 3.93. The summed E-state index contributed by atoms with van der Waals surface area (Å²) in [6, 6.07) is 15.4. The van der Waals surface area contributed by atoms with Crippen LogP contribution in [0.25, 0.3) is 16.7 Å². The van der Waals surface area contributed by atoms with Crippen LogP contribution in [-0.4, -0.2) is 68.0 Å². The monoisotopic (exact) mass is 579 g/mol. The van der Waals surface area contributed by atoms with Crippen LogP contribution in [0.1, 0.15) is 41.7 Å². The molecule has 2 aromatic heterocycles. The number of aliphatic hydroxyl groups is 1. The van der Waals surface area contributed by atoms with Crippen LogP contribution in [0.3, 0.4) is 0 Å². The zero-order chi connectivity index (χ0) is 28.7. The van der Waals surface area contributed by atoms with E-state index in [0.717, 1.165) is 17.8 Å². The third-order valence-corrected chi connectivity index (χ3v) is 8.32. The lowest BCUT2D eigenvalue weighted by Gasteiger charge is -2.38. The minimum atomic E-state index is -1.22. The second-order valence-electron chi connectivity index (χ2n) is 10.9. The highest BCUT2D eigenvalue weighted by molar-refractivity contribution is 6.31. The Kier molecular flexibility index (Phi) is 7.41. The van der Waals surface area contributed by atoms with Crippen molar-refractivity contribution >= 4 is 28.5 Å². The first kappa shape index (κ1) is 27.6. The number of nitrogens with zero attached hydrogens (tertiary/aromatic N) is 4. The predicted molar refractivity (Wildman–Crippen MR) is 153 cm³/mol. The Morgan fingerprint density at radius 3 is 2.61 bits per heavy atom. The molecular weight excluding hydrogens is 549 g/mol. The van der Waals surface area contributed by atoms with E-state index in [1.165, 1.54) is 34.0 Å². The predicted octanol–water partition coefficient (Wildman–Crippen LogP) is 3.70. The average Bonchev–Trinajstić information content (AvgIpc) is 3.32. The van der Waals surface area contributed by atoms with Gasteiger partial charge >= 0.3 is 0 Å². The molecule has 0 radical (unpaired) electrons. The van der Waals surface area contributed by atoms with Gasteiger partial charge in [0.15, 0.2) is 5.65 Å². The van der Waals surface area contributed by atoms with Crippen molar-refractivity contribution in [2.24, 2.45) is 0 Å². The van der Waals surface area contributed by atoms with Gasteiger partial charge in [-0.05, 0) is 55.7 Å². The molecule has 0 bridgehead atoms. The molecule has 2 saturated heterocycles. The molecule has 2 unspecified atom stereocenters. The summed E-state index contributed by atoms with van der Waals surface area (Å²) < 4.78 is 23.0. The van der Waals surface area contributed by atoms with Gasteiger partial charge in [0.2, 0.25) is 0 Å². The highest BCUT2D eigenvalue weighted by Crippen LogP contribution is 2.28. The van der Waals surface area contributed by atoms with Crippen LogP contribution in [0.5, 0.6) is 0 Å². The van der Waals surface area contributed by atoms with E-state index in [2.05, 4.69) is 10.3 Å². The van der Waals surface area contributed by atoms with Gasteiger partial charge in [-0.1, -0.05) is 35.9 Å². The number of aromatic nitrogens is 3. The Hall–Kier alpha value is -3.57. The van der Waals surface area contributed by atoms with Crippen molar-refractivity contribution in [1.29, 1.82) is 0 Å². The fourth-order valence-corrected chi connectivity index (χ4v) is 5.89. The van der Waals surface area contributed by atoms with Crippen molar-refractivity contribution in [1.82, 2.24) is 24.3 Å². The van der Waals surface area contributed by atoms with E-state index in [-0.39, 0.29) is 55.7 Å². The maximum absolute atomic E-state index is 14.1. The van der Waals surface area contributed by atoms with Crippen molar-refractivity contribution in [2.75, 3.05) is 26.2 Å². The quantitative estimate of drug-likeness (QED) is 0.374. The maximum Gasteiger partial charge on any atom is 0.262 e. The molecule has 0 saturated carbocycles. The normalized spacial score (nSPS) is 20.8. The molecule has 9 nitrogen and oxygen atoms in total. The number of hydrogen-bond acceptors (Lipinski definition) is 6. The van der Waals surface area contributed by atoms with E-state index in [1.54, 1.807) is 16.7 Å². The molecule has 2 fully saturated rings. The lowest BCUT2D eigenvalue weighted by Crippen LogP contribution is -2.49. The standard InChI is InChI=1S/C30H31ClFN5O4/c1-19-15-33-25(16-41-19)20-6-8-21(9-7-20)37-26(31)14-23-27(37)34-18-36(29(23)39)17-30(40)10-12-35(13-11-30)28(38)22-4-2-3-5-24(22)32/h2-9,14,18-19,25,33,40H,10-13,15-17H2,1H3. The van der Waals surface area contributed by atoms with Gasteiger partial charge in [0, 0.05) is 25.3 Å². The number of hydrogen-bond donors (Lipinski definition) is 2. The number of carbonyl (C=O) groups is 1. The van der Waals surface area contributed by atoms with Crippen molar-refractivity contribution in [2.45, 2.75) is 44.1 Å². The van der Waals surface area contributed by atoms with E-state index in [4.69, 9.17) is 16.3 Å². The summed E-state index contributed by atoms with van der Waals surface area (Å²) in [7, 11) is 0. The third kappa shape index (κ3) is 5.40. The van der Waals surface area contributed by atoms with Crippen LogP contribution >= 0.6 is 11.6 Å². The molecule has 41 heavy (non-hydrogen) atoms. The van der Waals surface area contributed by atoms with Gasteiger partial charge in [-0.25, -0.2) is 9.37 Å². The first-order chi connectivity index (χ1) is 19.7. The van der Waals surface area contributed by atoms with Crippen LogP contribution in [-0.2, 0) is 11.3 Å². The molecular formula is C30H31ClFN5O4. The number of carbonyl (C=O) groups excluding carboxylic acids is 1. The van der Waals surface area contributed by atoms with Crippen molar-refractivity contribution < 1.29 is 19.0 Å². The van der Waals surface area contributed by atoms with Crippen LogP contribution in [0.2, 0.25) is 5.15 Å². The van der Waals surface area contributed by atoms with E-state index in [9.17, 15) is 19.1 Å². The molecule has 0 spiro atoms. The Labute approximate surface area is 241 Å². The van der Waals surface area contributed by atoms with Gasteiger partial charge in [0.1, 0.15) is 17.3 Å². The molecule has 2 N–H and O–H groups in total. The Balaban J connectivity index is 1.18. The highest BCUT2D eigenvalue weighted by Gasteiger charge is 2.35. The Bertz CT molecular complexity index is 1640. The SMILES string of the molecule is CC1CNC(c2ccc(-n3c(Cl)cc4c(=O)n(CC5(O)CCN(C(=O)c6ccccc6F)CC5)cnc43)cc2)CO1. The third-order valence-electron chi connectivity index (χ3n) is 8.04. The number of amides is 1. The van der Waals surface area contributed by atoms with E-state index in [1.807, 2.05) is 31.2 Å². The number of nitrogens with one attached hydrogen (secondary N) is 1. The summed E-state index contributed by atoms with van der Waals surface area (Å²) >= 11 is 6.59. The minimum absolute atomic E-state index is 0.00847. The van der Waals surface area contributed by atoms with Crippen LogP contribution < -0.4 is 10.9 Å². The number of ether oxygens (including phenoxy) is 1. The van der Waals surface area contributed by atoms with Crippen molar-refractivity contribution in [3.05, 3.63) is 93.4 Å². The molecule has 2 aliphatic heterocycles. The second-order valence-corrected chi connectivity index (χ2v) is 11.3. The van der Waals surface area contributed by atoms with E-state index >= 15 is 0 Å². The number of benzene rings is 2. The smallest absolute Gasteiger partial charge is 0.262 e. The summed E-state index contributed by atoms with van der Waals surface area (Å²) in [5, 5.41) is 15.5. The molecule has 4 heterocycles. The molecule has 1 amide bonds. The minimum Gasteiger partial charge on any atom is -0.388 e. The van der Waals surface area contributed by atoms with Gasteiger partial charge in [-0.15, -0.1) is 0 Å². The van der Waals surface area contributed by atoms with Crippen LogP contribution in [0, 0.1) is 5.82 Å². The zero-order valence-electron chi connectivity index (χ0n) is 22.6. The molecule has 2 aromatic carbocycles. The lowest BCUT2D eigenvalue weighted by molar-refractivity contribution is -0.0300. The van der Waals surface area contributed by atoms with Gasteiger partial charge in [-0.2, -0.15) is 0 Å². The van der Waals surface area contributed by atoms with Gasteiger partial charge in [-0.3, -0.25) is 18.7 Å². The first-order valence-corrected chi connectivity index (χ1v) is 14.1. The number of halogens is 2. The molecule has 214 valence electrons. The second kappa shape index (κ2) is 11.0. The number of piperidine rings is 1. The number of fused-ring (bicyclic) bond motifs is 1. The topological polar surface area (TPSA) is 102 Å². The molecule has 2 atom stereocenters. The van der Waals surface area contributed by atoms with Crippen LogP contribution in [0.4, 0.5) is 4.39 Å². The molecule has 4 aromatic rings. The highest BCUT2D eigenvalue weighted by atomic mass is 35.5. The largest absolute Gasteiger partial charge is 0.388 e. The van der Waals surface area contributed by atoms with Crippen LogP contribution in [0.15, 0.2) is 65.7 Å². The Morgan fingerprint density at radius 1 is 1.20 bits per heavy atom. The van der Waals surface area contributed by atoms with Gasteiger partial charge in [0.25, 0.3) is 11.5 Å². The lowest BCUT2D eigenvalue weighted by atomic mass is 9.91. The van der Waals surface area contributed by atoms with E-state index < -0.39 is 17.3 Å². The zero-order valence-corrected chi connectivity index (χ0v) is 23.4. The Morgan fingerprint density at radius 2 is 1.93 bits per heavy atom. The average molecular weight is 580 g/mol. The van der Waals surface area contributed by atoms with Crippen molar-refractivity contribution in [3.8, 4) is 5.69 Å². The summed E-state index contributed by atoms with van der Waals surface area (Å²) in [5.41, 5.74) is 0.765. The number of rotatable bonds is 5. The molecule has 11 heteroatoms. The summed E-state index contributed by atoms with van der Waals surface area (Å²) in [4.78, 5) is 32.3. The number of likely N-dealkylation sites (tertiary alicyclic amines) is 1. The fraction of sp³-hybridized carbons (Fsp3) is 0.367. The molecule has 0 aliphatic carbocycles. The van der Waals surface area contributed by atoms with Crippen molar-refractivity contribution in [3.63, 3.8) is 0 Å². The maximum atomic E-state index is 14.1. The fourth-order valence-electron chi connectivity index (χ4n) is 5.61.